The zero-order chi connectivity index (χ0) is 16.0. The molecule has 2 aromatic rings. The number of hydrogen-bond donors (Lipinski definition) is 0. The van der Waals surface area contributed by atoms with E-state index in [1.807, 2.05) is 23.6 Å². The minimum absolute atomic E-state index is 0.326. The van der Waals surface area contributed by atoms with Crippen molar-refractivity contribution in [2.24, 2.45) is 0 Å². The monoisotopic (exact) mass is 400 g/mol. The Hall–Kier alpha value is -0.603. The van der Waals surface area contributed by atoms with Crippen LogP contribution < -0.4 is 0 Å². The highest BCUT2D eigenvalue weighted by Gasteiger charge is 2.12. The number of ether oxygens (including phenoxy) is 2. The van der Waals surface area contributed by atoms with Gasteiger partial charge in [-0.1, -0.05) is 25.7 Å². The number of aromatic nitrogens is 2. The van der Waals surface area contributed by atoms with Gasteiger partial charge in [-0.25, -0.2) is 9.97 Å². The first-order valence-electron chi connectivity index (χ1n) is 7.17. The molecule has 0 fully saturated rings. The minimum atomic E-state index is -1.02. The third-order valence-corrected chi connectivity index (χ3v) is 5.96. The molecule has 0 amide bonds. The fourth-order valence-electron chi connectivity index (χ4n) is 1.66. The number of rotatable bonds is 8. The van der Waals surface area contributed by atoms with Crippen LogP contribution in [0.1, 0.15) is 5.69 Å². The van der Waals surface area contributed by atoms with Crippen LogP contribution in [0.25, 0.3) is 10.7 Å². The van der Waals surface area contributed by atoms with Gasteiger partial charge in [0.1, 0.15) is 22.1 Å². The normalized spacial score (nSPS) is 11.8. The van der Waals surface area contributed by atoms with Crippen molar-refractivity contribution in [3.05, 3.63) is 33.9 Å². The van der Waals surface area contributed by atoms with Crippen LogP contribution in [-0.4, -0.2) is 31.4 Å². The standard InChI is InChI=1S/C15H21BrN2O2SSi/c1-22(2,3)8-7-19-11-20-9-12-10-21-15(17-12)13-5-4-6-14(16)18-13/h4-6,10H,7-9,11H2,1-3H3. The summed E-state index contributed by atoms with van der Waals surface area (Å²) >= 11 is 4.95. The van der Waals surface area contributed by atoms with Crippen molar-refractivity contribution in [2.75, 3.05) is 13.4 Å². The van der Waals surface area contributed by atoms with Crippen LogP contribution in [0.4, 0.5) is 0 Å². The predicted octanol–water partition coefficient (Wildman–Crippen LogP) is 4.80. The van der Waals surface area contributed by atoms with Crippen molar-refractivity contribution in [3.8, 4) is 10.7 Å². The van der Waals surface area contributed by atoms with E-state index in [0.29, 0.717) is 13.4 Å². The van der Waals surface area contributed by atoms with Crippen molar-refractivity contribution in [1.29, 1.82) is 0 Å². The zero-order valence-electron chi connectivity index (χ0n) is 13.1. The highest BCUT2D eigenvalue weighted by atomic mass is 79.9. The van der Waals surface area contributed by atoms with Gasteiger partial charge in [0, 0.05) is 20.1 Å². The van der Waals surface area contributed by atoms with Crippen LogP contribution in [0, 0.1) is 0 Å². The Morgan fingerprint density at radius 2 is 2.00 bits per heavy atom. The molecule has 0 aliphatic heterocycles. The summed E-state index contributed by atoms with van der Waals surface area (Å²) < 4.78 is 11.8. The maximum atomic E-state index is 5.52. The summed E-state index contributed by atoms with van der Waals surface area (Å²) in [6, 6.07) is 6.97. The molecule has 2 rings (SSSR count). The molecule has 0 unspecified atom stereocenters. The molecule has 0 atom stereocenters. The van der Waals surface area contributed by atoms with Crippen LogP contribution in [-0.2, 0) is 16.1 Å². The van der Waals surface area contributed by atoms with Crippen LogP contribution >= 0.6 is 27.3 Å². The minimum Gasteiger partial charge on any atom is -0.356 e. The Morgan fingerprint density at radius 3 is 2.73 bits per heavy atom. The first kappa shape index (κ1) is 17.7. The van der Waals surface area contributed by atoms with Gasteiger partial charge in [-0.3, -0.25) is 0 Å². The van der Waals surface area contributed by atoms with E-state index in [9.17, 15) is 0 Å². The van der Waals surface area contributed by atoms with Gasteiger partial charge in [-0.05, 0) is 34.1 Å². The second-order valence-corrected chi connectivity index (χ2v) is 13.5. The Bertz CT molecular complexity index is 601. The molecule has 2 aromatic heterocycles. The summed E-state index contributed by atoms with van der Waals surface area (Å²) in [6.07, 6.45) is 0. The highest BCUT2D eigenvalue weighted by Crippen LogP contribution is 2.23. The molecule has 2 heterocycles. The lowest BCUT2D eigenvalue weighted by atomic mass is 10.4. The van der Waals surface area contributed by atoms with E-state index in [0.717, 1.165) is 33.6 Å². The van der Waals surface area contributed by atoms with E-state index in [1.165, 1.54) is 0 Å². The predicted molar refractivity (Wildman–Crippen MR) is 96.8 cm³/mol. The second-order valence-electron chi connectivity index (χ2n) is 6.17. The summed E-state index contributed by atoms with van der Waals surface area (Å²) in [7, 11) is -1.02. The average Bonchev–Trinajstić information content (AvgIpc) is 2.90. The molecule has 0 aromatic carbocycles. The fraction of sp³-hybridized carbons (Fsp3) is 0.467. The van der Waals surface area contributed by atoms with Crippen molar-refractivity contribution in [1.82, 2.24) is 9.97 Å². The molecule has 0 saturated carbocycles. The average molecular weight is 401 g/mol. The summed E-state index contributed by atoms with van der Waals surface area (Å²) in [5.74, 6) is 0. The van der Waals surface area contributed by atoms with Gasteiger partial charge in [0.05, 0.1) is 12.3 Å². The molecule has 4 nitrogen and oxygen atoms in total. The van der Waals surface area contributed by atoms with Crippen LogP contribution in [0.2, 0.25) is 25.7 Å². The van der Waals surface area contributed by atoms with Crippen molar-refractivity contribution in [2.45, 2.75) is 32.3 Å². The quantitative estimate of drug-likeness (QED) is 0.276. The number of halogens is 1. The van der Waals surface area contributed by atoms with Gasteiger partial charge in [0.15, 0.2) is 0 Å². The van der Waals surface area contributed by atoms with Crippen molar-refractivity contribution >= 4 is 35.3 Å². The molecular formula is C15H21BrN2O2SSi. The molecule has 7 heteroatoms. The van der Waals surface area contributed by atoms with Gasteiger partial charge < -0.3 is 9.47 Å². The first-order chi connectivity index (χ1) is 10.4. The Labute approximate surface area is 145 Å². The van der Waals surface area contributed by atoms with E-state index in [-0.39, 0.29) is 0 Å². The molecule has 0 aliphatic carbocycles. The summed E-state index contributed by atoms with van der Waals surface area (Å²) in [5, 5.41) is 2.90. The smallest absolute Gasteiger partial charge is 0.147 e. The number of hydrogen-bond acceptors (Lipinski definition) is 5. The lowest BCUT2D eigenvalue weighted by molar-refractivity contribution is -0.0581. The summed E-state index contributed by atoms with van der Waals surface area (Å²) in [6.45, 7) is 8.59. The first-order valence-corrected chi connectivity index (χ1v) is 12.5. The molecular weight excluding hydrogens is 380 g/mol. The van der Waals surface area contributed by atoms with E-state index >= 15 is 0 Å². The van der Waals surface area contributed by atoms with E-state index in [4.69, 9.17) is 9.47 Å². The Kier molecular flexibility index (Phi) is 6.70. The molecule has 0 aliphatic rings. The number of thiazole rings is 1. The van der Waals surface area contributed by atoms with Crippen LogP contribution in [0.3, 0.4) is 0 Å². The lowest BCUT2D eigenvalue weighted by Crippen LogP contribution is -2.22. The van der Waals surface area contributed by atoms with Crippen molar-refractivity contribution < 1.29 is 9.47 Å². The Balaban J connectivity index is 1.74. The highest BCUT2D eigenvalue weighted by molar-refractivity contribution is 9.10. The maximum absolute atomic E-state index is 5.52. The third-order valence-electron chi connectivity index (χ3n) is 2.90. The number of pyridine rings is 1. The second kappa shape index (κ2) is 8.31. The SMILES string of the molecule is C[Si](C)(C)CCOCOCc1csc(-c2cccc(Br)n2)n1. The van der Waals surface area contributed by atoms with E-state index < -0.39 is 8.07 Å². The molecule has 0 radical (unpaired) electrons. The molecule has 120 valence electrons. The van der Waals surface area contributed by atoms with Crippen molar-refractivity contribution in [3.63, 3.8) is 0 Å². The molecule has 22 heavy (non-hydrogen) atoms. The molecule has 0 N–H and O–H groups in total. The number of nitrogens with zero attached hydrogens (tertiary/aromatic N) is 2. The van der Waals surface area contributed by atoms with Gasteiger partial charge in [0.25, 0.3) is 0 Å². The largest absolute Gasteiger partial charge is 0.356 e. The van der Waals surface area contributed by atoms with E-state index in [1.54, 1.807) is 11.3 Å². The topological polar surface area (TPSA) is 44.2 Å². The van der Waals surface area contributed by atoms with Gasteiger partial charge in [-0.15, -0.1) is 11.3 Å². The third kappa shape index (κ3) is 6.25. The van der Waals surface area contributed by atoms with Crippen LogP contribution in [0.15, 0.2) is 28.2 Å². The van der Waals surface area contributed by atoms with E-state index in [2.05, 4.69) is 45.5 Å². The zero-order valence-corrected chi connectivity index (χ0v) is 16.5. The molecule has 0 spiro atoms. The fourth-order valence-corrected chi connectivity index (χ4v) is 3.53. The lowest BCUT2D eigenvalue weighted by Gasteiger charge is -2.15. The Morgan fingerprint density at radius 1 is 1.18 bits per heavy atom. The van der Waals surface area contributed by atoms with Crippen LogP contribution in [0.5, 0.6) is 0 Å². The van der Waals surface area contributed by atoms with Gasteiger partial charge >= 0.3 is 0 Å². The summed E-state index contributed by atoms with van der Waals surface area (Å²) in [4.78, 5) is 8.94. The molecule has 0 bridgehead atoms. The summed E-state index contributed by atoms with van der Waals surface area (Å²) in [5.41, 5.74) is 1.78. The molecule has 0 saturated heterocycles. The van der Waals surface area contributed by atoms with Gasteiger partial charge in [-0.2, -0.15) is 0 Å². The van der Waals surface area contributed by atoms with Gasteiger partial charge in [0.2, 0.25) is 0 Å². The maximum Gasteiger partial charge on any atom is 0.147 e.